The molecule has 4 N–H and O–H groups in total. The van der Waals surface area contributed by atoms with E-state index >= 15 is 0 Å². The van der Waals surface area contributed by atoms with Crippen molar-refractivity contribution in [3.05, 3.63) is 11.9 Å². The summed E-state index contributed by atoms with van der Waals surface area (Å²) in [5.41, 5.74) is 4.73. The molecule has 0 aliphatic rings. The van der Waals surface area contributed by atoms with Crippen LogP contribution >= 0.6 is 0 Å². The zero-order valence-corrected chi connectivity index (χ0v) is 4.44. The van der Waals surface area contributed by atoms with Gasteiger partial charge in [-0.25, -0.2) is 0 Å². The number of anilines is 1. The molecule has 0 aromatic carbocycles. The van der Waals surface area contributed by atoms with E-state index in [1.54, 1.807) is 0 Å². The lowest BCUT2D eigenvalue weighted by Gasteiger charge is -1.92. The van der Waals surface area contributed by atoms with Crippen LogP contribution in [0.5, 0.6) is 0 Å². The van der Waals surface area contributed by atoms with Crippen LogP contribution in [0.4, 0.5) is 5.95 Å². The van der Waals surface area contributed by atoms with Crippen molar-refractivity contribution < 1.29 is 5.21 Å². The van der Waals surface area contributed by atoms with Crippen LogP contribution in [0.1, 0.15) is 0 Å². The fourth-order valence-electron chi connectivity index (χ4n) is 0.357. The summed E-state index contributed by atoms with van der Waals surface area (Å²) in [6, 6.07) is 0. The third kappa shape index (κ3) is 0.958. The van der Waals surface area contributed by atoms with Gasteiger partial charge in [0.05, 0.1) is 0 Å². The van der Waals surface area contributed by atoms with Crippen LogP contribution < -0.4 is 11.4 Å². The summed E-state index contributed by atoms with van der Waals surface area (Å²) in [6.45, 7) is 0. The molecule has 1 rings (SSSR count). The van der Waals surface area contributed by atoms with Gasteiger partial charge in [0, 0.05) is 0 Å². The van der Waals surface area contributed by atoms with Gasteiger partial charge < -0.3 is 10.9 Å². The van der Waals surface area contributed by atoms with Crippen molar-refractivity contribution in [1.82, 2.24) is 14.7 Å². The number of nitrogens with one attached hydrogen (secondary N) is 1. The molecule has 1 aromatic rings. The Balaban J connectivity index is 3.34. The number of nitrogen functional groups attached to an aromatic ring is 1. The van der Waals surface area contributed by atoms with Crippen LogP contribution in [0.25, 0.3) is 0 Å². The van der Waals surface area contributed by atoms with Gasteiger partial charge in [0.1, 0.15) is 6.33 Å². The van der Waals surface area contributed by atoms with E-state index in [-0.39, 0.29) is 11.6 Å². The molecule has 0 aliphatic carbocycles. The SMILES string of the molecule is N=c1nc(N)ncn1O. The van der Waals surface area contributed by atoms with Gasteiger partial charge in [-0.05, 0) is 0 Å². The number of hydrogen-bond donors (Lipinski definition) is 3. The van der Waals surface area contributed by atoms with Gasteiger partial charge in [0.25, 0.3) is 5.62 Å². The highest BCUT2D eigenvalue weighted by Crippen LogP contribution is 1.76. The highest BCUT2D eigenvalue weighted by molar-refractivity contribution is 5.08. The largest absolute Gasteiger partial charge is 0.424 e. The van der Waals surface area contributed by atoms with E-state index in [1.807, 2.05) is 0 Å². The minimum Gasteiger partial charge on any atom is -0.424 e. The molecule has 0 saturated heterocycles. The highest BCUT2D eigenvalue weighted by atomic mass is 16.5. The standard InChI is InChI=1S/C3H5N5O/c4-2-6-1-8(9)3(5)7-2/h1,9H,(H3,4,5,7). The zero-order valence-electron chi connectivity index (χ0n) is 4.44. The summed E-state index contributed by atoms with van der Waals surface area (Å²) in [4.78, 5) is 6.72. The Bertz CT molecular complexity index is 265. The van der Waals surface area contributed by atoms with Gasteiger partial charge >= 0.3 is 0 Å². The smallest absolute Gasteiger partial charge is 0.260 e. The molecule has 0 saturated carbocycles. The normalized spacial score (nSPS) is 9.33. The van der Waals surface area contributed by atoms with Gasteiger partial charge in [0.2, 0.25) is 5.95 Å². The molecule has 0 radical (unpaired) electrons. The summed E-state index contributed by atoms with van der Waals surface area (Å²) >= 11 is 0. The molecule has 48 valence electrons. The maximum atomic E-state index is 8.59. The molecular weight excluding hydrogens is 122 g/mol. The molecule has 1 aromatic heterocycles. The molecule has 0 aliphatic heterocycles. The molecule has 0 spiro atoms. The Morgan fingerprint density at radius 3 is 2.89 bits per heavy atom. The maximum Gasteiger partial charge on any atom is 0.260 e. The molecule has 0 unspecified atom stereocenters. The van der Waals surface area contributed by atoms with E-state index in [2.05, 4.69) is 9.97 Å². The first-order valence-electron chi connectivity index (χ1n) is 2.15. The maximum absolute atomic E-state index is 8.59. The first kappa shape index (κ1) is 5.54. The summed E-state index contributed by atoms with van der Waals surface area (Å²) in [7, 11) is 0. The molecule has 0 fully saturated rings. The van der Waals surface area contributed by atoms with E-state index in [0.717, 1.165) is 6.33 Å². The van der Waals surface area contributed by atoms with Crippen LogP contribution in [-0.2, 0) is 0 Å². The summed E-state index contributed by atoms with van der Waals surface area (Å²) in [6.07, 6.45) is 1.00. The van der Waals surface area contributed by atoms with Crippen LogP contribution in [-0.4, -0.2) is 19.9 Å². The van der Waals surface area contributed by atoms with E-state index in [1.165, 1.54) is 0 Å². The van der Waals surface area contributed by atoms with Crippen LogP contribution in [0.2, 0.25) is 0 Å². The predicted molar refractivity (Wildman–Crippen MR) is 27.5 cm³/mol. The van der Waals surface area contributed by atoms with E-state index < -0.39 is 0 Å². The number of nitrogens with zero attached hydrogens (tertiary/aromatic N) is 3. The Hall–Kier alpha value is -1.59. The van der Waals surface area contributed by atoms with Crippen molar-refractivity contribution in [2.75, 3.05) is 5.73 Å². The lowest BCUT2D eigenvalue weighted by molar-refractivity contribution is 0.161. The van der Waals surface area contributed by atoms with Gasteiger partial charge in [-0.1, -0.05) is 0 Å². The molecule has 9 heavy (non-hydrogen) atoms. The third-order valence-corrected chi connectivity index (χ3v) is 0.737. The Labute approximate surface area is 50.1 Å². The fraction of sp³-hybridized carbons (Fsp3) is 0. The van der Waals surface area contributed by atoms with Gasteiger partial charge in [0.15, 0.2) is 0 Å². The summed E-state index contributed by atoms with van der Waals surface area (Å²) < 4.78 is 0.469. The average Bonchev–Trinajstić information content (AvgIpc) is 1.80. The second-order valence-corrected chi connectivity index (χ2v) is 1.38. The van der Waals surface area contributed by atoms with Gasteiger partial charge in [-0.15, -0.1) is 4.73 Å². The van der Waals surface area contributed by atoms with Crippen molar-refractivity contribution in [2.45, 2.75) is 0 Å². The Kier molecular flexibility index (Phi) is 1.07. The first-order valence-corrected chi connectivity index (χ1v) is 2.15. The van der Waals surface area contributed by atoms with Crippen LogP contribution in [0.3, 0.4) is 0 Å². The zero-order chi connectivity index (χ0) is 6.85. The molecule has 0 atom stereocenters. The van der Waals surface area contributed by atoms with Crippen molar-refractivity contribution in [3.8, 4) is 0 Å². The Morgan fingerprint density at radius 1 is 1.78 bits per heavy atom. The second kappa shape index (κ2) is 1.73. The first-order chi connectivity index (χ1) is 4.20. The number of hydrogen-bond acceptors (Lipinski definition) is 5. The molecule has 6 nitrogen and oxygen atoms in total. The van der Waals surface area contributed by atoms with Gasteiger partial charge in [-0.3, -0.25) is 5.41 Å². The molecular formula is C3H5N5O. The second-order valence-electron chi connectivity index (χ2n) is 1.38. The van der Waals surface area contributed by atoms with Crippen molar-refractivity contribution in [3.63, 3.8) is 0 Å². The molecule has 0 bridgehead atoms. The van der Waals surface area contributed by atoms with Crippen molar-refractivity contribution in [2.24, 2.45) is 0 Å². The van der Waals surface area contributed by atoms with Crippen LogP contribution in [0.15, 0.2) is 6.33 Å². The van der Waals surface area contributed by atoms with E-state index in [9.17, 15) is 0 Å². The van der Waals surface area contributed by atoms with E-state index in [0.29, 0.717) is 4.73 Å². The average molecular weight is 127 g/mol. The quantitative estimate of drug-likeness (QED) is 0.372. The minimum atomic E-state index is -0.331. The minimum absolute atomic E-state index is 0.0229. The molecule has 6 heteroatoms. The van der Waals surface area contributed by atoms with Gasteiger partial charge in [-0.2, -0.15) is 9.97 Å². The Morgan fingerprint density at radius 2 is 2.44 bits per heavy atom. The number of rotatable bonds is 0. The summed E-state index contributed by atoms with van der Waals surface area (Å²) in [5.74, 6) is -0.0229. The summed E-state index contributed by atoms with van der Waals surface area (Å²) in [5, 5.41) is 15.4. The lowest BCUT2D eigenvalue weighted by atomic mass is 10.9. The predicted octanol–water partition coefficient (Wildman–Crippen LogP) is -1.42. The monoisotopic (exact) mass is 127 g/mol. The van der Waals surface area contributed by atoms with Crippen molar-refractivity contribution >= 4 is 5.95 Å². The van der Waals surface area contributed by atoms with Crippen molar-refractivity contribution in [1.29, 1.82) is 5.41 Å². The fourth-order valence-corrected chi connectivity index (χ4v) is 0.357. The van der Waals surface area contributed by atoms with Crippen LogP contribution in [0, 0.1) is 5.41 Å². The number of nitrogens with two attached hydrogens (primary N) is 1. The topological polar surface area (TPSA) is 101 Å². The molecule has 0 amide bonds. The third-order valence-electron chi connectivity index (χ3n) is 0.737. The number of aromatic nitrogens is 3. The lowest BCUT2D eigenvalue weighted by Crippen LogP contribution is -2.22. The molecule has 1 heterocycles. The van der Waals surface area contributed by atoms with E-state index in [4.69, 9.17) is 16.4 Å². The highest BCUT2D eigenvalue weighted by Gasteiger charge is 1.88.